The summed E-state index contributed by atoms with van der Waals surface area (Å²) in [6.45, 7) is 2.97. The Hall–Kier alpha value is -0.280. The third kappa shape index (κ3) is 1.78. The molecule has 1 unspecified atom stereocenters. The SMILES string of the molecule is COC[C@H]1[C@@H]2CNCCC21c1ccc(Cl)c(Cl)c1. The van der Waals surface area contributed by atoms with Crippen LogP contribution in [0.25, 0.3) is 0 Å². The lowest BCUT2D eigenvalue weighted by Crippen LogP contribution is -2.31. The fourth-order valence-electron chi connectivity index (χ4n) is 3.66. The summed E-state index contributed by atoms with van der Waals surface area (Å²) in [7, 11) is 1.78. The van der Waals surface area contributed by atoms with Gasteiger partial charge in [-0.05, 0) is 49.0 Å². The molecule has 0 bridgehead atoms. The molecule has 1 saturated carbocycles. The van der Waals surface area contributed by atoms with Gasteiger partial charge in [0.15, 0.2) is 0 Å². The van der Waals surface area contributed by atoms with Gasteiger partial charge in [-0.2, -0.15) is 0 Å². The molecule has 0 radical (unpaired) electrons. The number of halogens is 2. The van der Waals surface area contributed by atoms with E-state index in [9.17, 15) is 0 Å². The van der Waals surface area contributed by atoms with Crippen molar-refractivity contribution < 1.29 is 4.74 Å². The second kappa shape index (κ2) is 4.68. The normalized spacial score (nSPS) is 34.2. The van der Waals surface area contributed by atoms with Crippen LogP contribution in [0.3, 0.4) is 0 Å². The van der Waals surface area contributed by atoms with Gasteiger partial charge in [-0.25, -0.2) is 0 Å². The average molecular weight is 286 g/mol. The smallest absolute Gasteiger partial charge is 0.0595 e. The maximum atomic E-state index is 6.16. The van der Waals surface area contributed by atoms with E-state index in [0.717, 1.165) is 26.1 Å². The van der Waals surface area contributed by atoms with Crippen molar-refractivity contribution in [3.63, 3.8) is 0 Å². The minimum atomic E-state index is 0.259. The fourth-order valence-corrected chi connectivity index (χ4v) is 3.95. The van der Waals surface area contributed by atoms with Gasteiger partial charge in [0.05, 0.1) is 16.7 Å². The second-order valence-electron chi connectivity index (χ2n) is 5.29. The number of benzene rings is 1. The van der Waals surface area contributed by atoms with Crippen molar-refractivity contribution >= 4 is 23.2 Å². The van der Waals surface area contributed by atoms with E-state index in [0.29, 0.717) is 21.9 Å². The fraction of sp³-hybridized carbons (Fsp3) is 0.571. The van der Waals surface area contributed by atoms with E-state index in [1.165, 1.54) is 5.56 Å². The minimum absolute atomic E-state index is 0.259. The zero-order valence-corrected chi connectivity index (χ0v) is 11.9. The largest absolute Gasteiger partial charge is 0.384 e. The predicted octanol–water partition coefficient (Wildman–Crippen LogP) is 3.12. The lowest BCUT2D eigenvalue weighted by Gasteiger charge is -2.24. The molecular weight excluding hydrogens is 269 g/mol. The van der Waals surface area contributed by atoms with Crippen LogP contribution >= 0.6 is 23.2 Å². The summed E-state index contributed by atoms with van der Waals surface area (Å²) in [4.78, 5) is 0. The van der Waals surface area contributed by atoms with E-state index in [2.05, 4.69) is 11.4 Å². The molecular formula is C14H17Cl2NO. The van der Waals surface area contributed by atoms with E-state index < -0.39 is 0 Å². The summed E-state index contributed by atoms with van der Waals surface area (Å²) >= 11 is 12.2. The van der Waals surface area contributed by atoms with Crippen molar-refractivity contribution in [2.45, 2.75) is 11.8 Å². The number of methoxy groups -OCH3 is 1. The van der Waals surface area contributed by atoms with Gasteiger partial charge in [-0.3, -0.25) is 0 Å². The minimum Gasteiger partial charge on any atom is -0.384 e. The van der Waals surface area contributed by atoms with Crippen LogP contribution in [0.5, 0.6) is 0 Å². The summed E-state index contributed by atoms with van der Waals surface area (Å²) in [5, 5.41) is 4.76. The first-order valence-corrected chi connectivity index (χ1v) is 7.11. The molecule has 1 aromatic rings. The Balaban J connectivity index is 1.95. The molecule has 0 aromatic heterocycles. The van der Waals surface area contributed by atoms with Crippen LogP contribution in [-0.4, -0.2) is 26.8 Å². The number of piperidine rings is 1. The Morgan fingerprint density at radius 2 is 2.22 bits per heavy atom. The molecule has 0 amide bonds. The number of nitrogens with one attached hydrogen (secondary N) is 1. The van der Waals surface area contributed by atoms with E-state index in [1.54, 1.807) is 7.11 Å². The molecule has 18 heavy (non-hydrogen) atoms. The molecule has 1 N–H and O–H groups in total. The molecule has 3 rings (SSSR count). The molecule has 1 saturated heterocycles. The van der Waals surface area contributed by atoms with Crippen LogP contribution < -0.4 is 5.32 Å². The number of rotatable bonds is 3. The highest BCUT2D eigenvalue weighted by molar-refractivity contribution is 6.42. The summed E-state index contributed by atoms with van der Waals surface area (Å²) < 4.78 is 5.37. The number of ether oxygens (including phenoxy) is 1. The third-order valence-corrected chi connectivity index (χ3v) is 5.32. The van der Waals surface area contributed by atoms with Crippen molar-refractivity contribution in [3.05, 3.63) is 33.8 Å². The lowest BCUT2D eigenvalue weighted by molar-refractivity contribution is 0.175. The highest BCUT2D eigenvalue weighted by Crippen LogP contribution is 2.63. The van der Waals surface area contributed by atoms with Crippen LogP contribution in [-0.2, 0) is 10.2 Å². The van der Waals surface area contributed by atoms with Crippen molar-refractivity contribution in [2.75, 3.05) is 26.8 Å². The van der Waals surface area contributed by atoms with Crippen LogP contribution in [0.15, 0.2) is 18.2 Å². The average Bonchev–Trinajstić information content (AvgIpc) is 3.03. The number of fused-ring (bicyclic) bond motifs is 1. The molecule has 1 aliphatic heterocycles. The first-order chi connectivity index (χ1) is 8.70. The first-order valence-electron chi connectivity index (χ1n) is 6.35. The number of hydrogen-bond donors (Lipinski definition) is 1. The van der Waals surface area contributed by atoms with Gasteiger partial charge < -0.3 is 10.1 Å². The summed E-state index contributed by atoms with van der Waals surface area (Å²) in [6.07, 6.45) is 1.16. The van der Waals surface area contributed by atoms with Gasteiger partial charge in [0.2, 0.25) is 0 Å². The van der Waals surface area contributed by atoms with Crippen LogP contribution in [0, 0.1) is 11.8 Å². The van der Waals surface area contributed by atoms with Crippen molar-refractivity contribution in [1.82, 2.24) is 5.32 Å². The van der Waals surface area contributed by atoms with Crippen molar-refractivity contribution in [3.8, 4) is 0 Å². The molecule has 4 heteroatoms. The molecule has 3 atom stereocenters. The Morgan fingerprint density at radius 3 is 2.94 bits per heavy atom. The molecule has 1 aromatic carbocycles. The first kappa shape index (κ1) is 12.7. The maximum absolute atomic E-state index is 6.16. The Labute approximate surface area is 118 Å². The van der Waals surface area contributed by atoms with Crippen LogP contribution in [0.1, 0.15) is 12.0 Å². The van der Waals surface area contributed by atoms with Gasteiger partial charge in [-0.1, -0.05) is 29.3 Å². The highest BCUT2D eigenvalue weighted by atomic mass is 35.5. The molecule has 1 aliphatic carbocycles. The lowest BCUT2D eigenvalue weighted by atomic mass is 9.86. The molecule has 2 fully saturated rings. The monoisotopic (exact) mass is 285 g/mol. The maximum Gasteiger partial charge on any atom is 0.0595 e. The quantitative estimate of drug-likeness (QED) is 0.921. The van der Waals surface area contributed by atoms with Crippen LogP contribution in [0.2, 0.25) is 10.0 Å². The van der Waals surface area contributed by atoms with Gasteiger partial charge in [0.1, 0.15) is 0 Å². The van der Waals surface area contributed by atoms with Gasteiger partial charge in [0.25, 0.3) is 0 Å². The topological polar surface area (TPSA) is 21.3 Å². The molecule has 1 heterocycles. The van der Waals surface area contributed by atoms with Crippen molar-refractivity contribution in [1.29, 1.82) is 0 Å². The van der Waals surface area contributed by atoms with Gasteiger partial charge >= 0.3 is 0 Å². The Bertz CT molecular complexity index is 465. The van der Waals surface area contributed by atoms with E-state index in [1.807, 2.05) is 12.1 Å². The molecule has 2 nitrogen and oxygen atoms in total. The third-order valence-electron chi connectivity index (χ3n) is 4.58. The van der Waals surface area contributed by atoms with E-state index in [4.69, 9.17) is 27.9 Å². The van der Waals surface area contributed by atoms with E-state index >= 15 is 0 Å². The zero-order chi connectivity index (χ0) is 12.8. The highest BCUT2D eigenvalue weighted by Gasteiger charge is 2.65. The Kier molecular flexibility index (Phi) is 3.31. The standard InChI is InChI=1S/C14H17Cl2NO/c1-18-8-11-10-7-17-5-4-14(10,11)9-2-3-12(15)13(16)6-9/h2-3,6,10-11,17H,4-5,7-8H2,1H3/t10-,11-,14?/m0/s1. The number of hydrogen-bond acceptors (Lipinski definition) is 2. The van der Waals surface area contributed by atoms with Crippen LogP contribution in [0.4, 0.5) is 0 Å². The zero-order valence-electron chi connectivity index (χ0n) is 10.4. The molecule has 98 valence electrons. The summed E-state index contributed by atoms with van der Waals surface area (Å²) in [5.41, 5.74) is 1.58. The van der Waals surface area contributed by atoms with Gasteiger partial charge in [-0.15, -0.1) is 0 Å². The predicted molar refractivity (Wildman–Crippen MR) is 74.5 cm³/mol. The second-order valence-corrected chi connectivity index (χ2v) is 6.11. The van der Waals surface area contributed by atoms with E-state index in [-0.39, 0.29) is 5.41 Å². The van der Waals surface area contributed by atoms with Crippen molar-refractivity contribution in [2.24, 2.45) is 11.8 Å². The Morgan fingerprint density at radius 1 is 1.39 bits per heavy atom. The molecule has 2 aliphatic rings. The summed E-state index contributed by atoms with van der Waals surface area (Å²) in [6, 6.07) is 6.08. The molecule has 0 spiro atoms. The summed E-state index contributed by atoms with van der Waals surface area (Å²) in [5.74, 6) is 1.28. The van der Waals surface area contributed by atoms with Gasteiger partial charge in [0, 0.05) is 12.5 Å².